The number of benzene rings is 2. The van der Waals surface area contributed by atoms with E-state index in [0.717, 1.165) is 62.1 Å². The molecule has 4 heteroatoms. The van der Waals surface area contributed by atoms with Crippen LogP contribution in [0, 0.1) is 10.8 Å². The van der Waals surface area contributed by atoms with E-state index in [1.807, 2.05) is 36.4 Å². The van der Waals surface area contributed by atoms with Gasteiger partial charge in [0.25, 0.3) is 11.8 Å². The van der Waals surface area contributed by atoms with Gasteiger partial charge in [0, 0.05) is 22.2 Å². The second kappa shape index (κ2) is 9.84. The number of hydrogen-bond donors (Lipinski definition) is 2. The second-order valence-corrected chi connectivity index (χ2v) is 13.5. The SMILES string of the molecule is CC(C)(C)C1(NC(=O)c2ccc3cc(C(=O)NC4(C(C)(C)C)CCCCC4)ccc3c2)CCCCC1. The molecule has 2 N–H and O–H groups in total. The molecule has 196 valence electrons. The highest BCUT2D eigenvalue weighted by Crippen LogP contribution is 2.43. The Bertz CT molecular complexity index is 1020. The molecule has 0 unspecified atom stereocenters. The molecule has 0 aromatic heterocycles. The summed E-state index contributed by atoms with van der Waals surface area (Å²) in [7, 11) is 0. The summed E-state index contributed by atoms with van der Waals surface area (Å²) in [6, 6.07) is 11.7. The third-order valence-corrected chi connectivity index (χ3v) is 9.36. The van der Waals surface area contributed by atoms with E-state index < -0.39 is 0 Å². The summed E-state index contributed by atoms with van der Waals surface area (Å²) in [6.07, 6.45) is 11.3. The maximum absolute atomic E-state index is 13.4. The Morgan fingerprint density at radius 1 is 0.583 bits per heavy atom. The van der Waals surface area contributed by atoms with Crippen molar-refractivity contribution in [3.05, 3.63) is 47.5 Å². The van der Waals surface area contributed by atoms with E-state index in [0.29, 0.717) is 11.1 Å². The molecule has 2 aromatic rings. The fraction of sp³-hybridized carbons (Fsp3) is 0.625. The Labute approximate surface area is 218 Å². The quantitative estimate of drug-likeness (QED) is 0.459. The van der Waals surface area contributed by atoms with Crippen molar-refractivity contribution in [1.82, 2.24) is 10.6 Å². The van der Waals surface area contributed by atoms with E-state index in [1.54, 1.807) is 0 Å². The lowest BCUT2D eigenvalue weighted by Crippen LogP contribution is -2.58. The minimum absolute atomic E-state index is 0.0000351. The van der Waals surface area contributed by atoms with Crippen LogP contribution in [0.15, 0.2) is 36.4 Å². The van der Waals surface area contributed by atoms with E-state index in [4.69, 9.17) is 0 Å². The molecule has 0 atom stereocenters. The third kappa shape index (κ3) is 5.19. The minimum Gasteiger partial charge on any atom is -0.346 e. The van der Waals surface area contributed by atoms with Gasteiger partial charge in [-0.1, -0.05) is 92.2 Å². The summed E-state index contributed by atoms with van der Waals surface area (Å²) in [5, 5.41) is 8.85. The third-order valence-electron chi connectivity index (χ3n) is 9.36. The topological polar surface area (TPSA) is 58.2 Å². The molecular weight excluding hydrogens is 444 g/mol. The first kappa shape index (κ1) is 26.7. The predicted octanol–water partition coefficient (Wildman–Crippen LogP) is 7.80. The van der Waals surface area contributed by atoms with Crippen LogP contribution in [-0.4, -0.2) is 22.9 Å². The molecule has 2 saturated carbocycles. The van der Waals surface area contributed by atoms with Gasteiger partial charge in [-0.25, -0.2) is 0 Å². The predicted molar refractivity (Wildman–Crippen MR) is 149 cm³/mol. The Balaban J connectivity index is 1.54. The molecule has 2 amide bonds. The van der Waals surface area contributed by atoms with Gasteiger partial charge in [-0.15, -0.1) is 0 Å². The molecule has 0 bridgehead atoms. The number of carbonyl (C=O) groups excluding carboxylic acids is 2. The minimum atomic E-state index is -0.165. The molecule has 0 spiro atoms. The lowest BCUT2D eigenvalue weighted by molar-refractivity contribution is 0.0623. The molecule has 2 fully saturated rings. The van der Waals surface area contributed by atoms with Crippen LogP contribution in [0.3, 0.4) is 0 Å². The number of nitrogens with one attached hydrogen (secondary N) is 2. The van der Waals surface area contributed by atoms with Gasteiger partial charge < -0.3 is 10.6 Å². The Kier molecular flexibility index (Phi) is 7.29. The van der Waals surface area contributed by atoms with Crippen LogP contribution in [0.2, 0.25) is 0 Å². The van der Waals surface area contributed by atoms with Gasteiger partial charge in [0.05, 0.1) is 0 Å². The van der Waals surface area contributed by atoms with Crippen molar-refractivity contribution in [1.29, 1.82) is 0 Å². The van der Waals surface area contributed by atoms with Crippen molar-refractivity contribution >= 4 is 22.6 Å². The molecule has 0 aliphatic heterocycles. The largest absolute Gasteiger partial charge is 0.346 e. The molecule has 2 aliphatic carbocycles. The maximum Gasteiger partial charge on any atom is 0.251 e. The Morgan fingerprint density at radius 2 is 0.917 bits per heavy atom. The lowest BCUT2D eigenvalue weighted by Gasteiger charge is -2.48. The number of rotatable bonds is 4. The number of amides is 2. The first-order valence-corrected chi connectivity index (χ1v) is 14.0. The Morgan fingerprint density at radius 3 is 1.22 bits per heavy atom. The van der Waals surface area contributed by atoms with Gasteiger partial charge in [-0.3, -0.25) is 9.59 Å². The van der Waals surface area contributed by atoms with Gasteiger partial charge in [-0.05, 0) is 71.6 Å². The molecule has 0 saturated heterocycles. The van der Waals surface area contributed by atoms with Crippen LogP contribution in [0.5, 0.6) is 0 Å². The molecule has 4 rings (SSSR count). The van der Waals surface area contributed by atoms with Crippen LogP contribution in [0.1, 0.15) is 126 Å². The van der Waals surface area contributed by atoms with E-state index in [9.17, 15) is 9.59 Å². The number of fused-ring (bicyclic) bond motifs is 1. The smallest absolute Gasteiger partial charge is 0.251 e. The van der Waals surface area contributed by atoms with Crippen LogP contribution < -0.4 is 10.6 Å². The highest BCUT2D eigenvalue weighted by Gasteiger charge is 2.44. The summed E-state index contributed by atoms with van der Waals surface area (Å²) in [6.45, 7) is 13.4. The molecular formula is C32H46N2O2. The Hall–Kier alpha value is -2.36. The van der Waals surface area contributed by atoms with Crippen LogP contribution in [0.4, 0.5) is 0 Å². The van der Waals surface area contributed by atoms with E-state index in [1.165, 1.54) is 12.8 Å². The summed E-state index contributed by atoms with van der Waals surface area (Å²) in [5.74, 6) is -0.0000702. The monoisotopic (exact) mass is 490 g/mol. The average molecular weight is 491 g/mol. The number of carbonyl (C=O) groups is 2. The summed E-state index contributed by atoms with van der Waals surface area (Å²) >= 11 is 0. The zero-order valence-corrected chi connectivity index (χ0v) is 23.4. The lowest BCUT2D eigenvalue weighted by atomic mass is 9.65. The standard InChI is InChI=1S/C32H46N2O2/c1-29(2,3)31(17-9-7-10-18-31)33-27(35)25-15-13-24-22-26(16-14-23(24)21-25)28(36)34-32(30(4,5)6)19-11-8-12-20-32/h13-16,21-22H,7-12,17-20H2,1-6H3,(H,33,35)(H,34,36). The van der Waals surface area contributed by atoms with Crippen molar-refractivity contribution in [3.8, 4) is 0 Å². The van der Waals surface area contributed by atoms with Gasteiger partial charge in [0.15, 0.2) is 0 Å². The fourth-order valence-electron chi connectivity index (χ4n) is 6.54. The van der Waals surface area contributed by atoms with Crippen molar-refractivity contribution in [2.75, 3.05) is 0 Å². The van der Waals surface area contributed by atoms with Gasteiger partial charge in [0.1, 0.15) is 0 Å². The molecule has 2 aliphatic rings. The molecule has 0 radical (unpaired) electrons. The van der Waals surface area contributed by atoms with E-state index >= 15 is 0 Å². The second-order valence-electron chi connectivity index (χ2n) is 13.5. The highest BCUT2D eigenvalue weighted by molar-refractivity contribution is 6.02. The molecule has 2 aromatic carbocycles. The maximum atomic E-state index is 13.4. The highest BCUT2D eigenvalue weighted by atomic mass is 16.2. The first-order chi connectivity index (χ1) is 16.9. The first-order valence-electron chi connectivity index (χ1n) is 14.0. The normalized spacial score (nSPS) is 20.1. The zero-order chi connectivity index (χ0) is 26.2. The van der Waals surface area contributed by atoms with Crippen molar-refractivity contribution in [3.63, 3.8) is 0 Å². The fourth-order valence-corrected chi connectivity index (χ4v) is 6.54. The van der Waals surface area contributed by atoms with Crippen LogP contribution in [0.25, 0.3) is 10.8 Å². The summed E-state index contributed by atoms with van der Waals surface area (Å²) in [4.78, 5) is 26.7. The van der Waals surface area contributed by atoms with Crippen molar-refractivity contribution in [2.24, 2.45) is 10.8 Å². The molecule has 36 heavy (non-hydrogen) atoms. The van der Waals surface area contributed by atoms with E-state index in [-0.39, 0.29) is 33.7 Å². The van der Waals surface area contributed by atoms with Crippen molar-refractivity contribution < 1.29 is 9.59 Å². The number of hydrogen-bond acceptors (Lipinski definition) is 2. The average Bonchev–Trinajstić information content (AvgIpc) is 2.83. The van der Waals surface area contributed by atoms with Crippen LogP contribution >= 0.6 is 0 Å². The summed E-state index contributed by atoms with van der Waals surface area (Å²) < 4.78 is 0. The molecule has 0 heterocycles. The van der Waals surface area contributed by atoms with E-state index in [2.05, 4.69) is 52.2 Å². The van der Waals surface area contributed by atoms with Gasteiger partial charge in [0.2, 0.25) is 0 Å². The molecule has 4 nitrogen and oxygen atoms in total. The zero-order valence-electron chi connectivity index (χ0n) is 23.4. The van der Waals surface area contributed by atoms with Crippen LogP contribution in [-0.2, 0) is 0 Å². The van der Waals surface area contributed by atoms with Gasteiger partial charge in [-0.2, -0.15) is 0 Å². The van der Waals surface area contributed by atoms with Crippen molar-refractivity contribution in [2.45, 2.75) is 117 Å². The summed E-state index contributed by atoms with van der Waals surface area (Å²) in [5.41, 5.74) is 1.05. The van der Waals surface area contributed by atoms with Gasteiger partial charge >= 0.3 is 0 Å².